The number of carbonyl (C=O) groups is 3. The van der Waals surface area contributed by atoms with Crippen molar-refractivity contribution >= 4 is 17.9 Å². The SMILES string of the molecule is NN[C@@H](Cc1ccccc1)C(=O)OC(=O)c1ccccc1C(=O)O.[H-].[Na+]. The summed E-state index contributed by atoms with van der Waals surface area (Å²) in [7, 11) is 0. The number of aromatic carboxylic acids is 1. The second kappa shape index (κ2) is 10.1. The number of esters is 2. The fourth-order valence-corrected chi connectivity index (χ4v) is 2.13. The van der Waals surface area contributed by atoms with Crippen molar-refractivity contribution in [3.63, 3.8) is 0 Å². The number of hydrogen-bond donors (Lipinski definition) is 3. The van der Waals surface area contributed by atoms with Crippen LogP contribution in [-0.2, 0) is 16.0 Å². The quantitative estimate of drug-likeness (QED) is 0.186. The largest absolute Gasteiger partial charge is 1.00 e. The Balaban J connectivity index is 0.00000312. The molecular weight excluding hydrogens is 335 g/mol. The van der Waals surface area contributed by atoms with Crippen LogP contribution in [0.15, 0.2) is 54.6 Å². The van der Waals surface area contributed by atoms with Crippen LogP contribution in [0.1, 0.15) is 27.7 Å². The Morgan fingerprint density at radius 3 is 2.16 bits per heavy atom. The van der Waals surface area contributed by atoms with E-state index in [-0.39, 0.29) is 48.5 Å². The minimum absolute atomic E-state index is 0. The monoisotopic (exact) mass is 352 g/mol. The summed E-state index contributed by atoms with van der Waals surface area (Å²) < 4.78 is 4.77. The van der Waals surface area contributed by atoms with Gasteiger partial charge >= 0.3 is 47.5 Å². The summed E-state index contributed by atoms with van der Waals surface area (Å²) in [5, 5.41) is 9.07. The Labute approximate surface area is 167 Å². The molecule has 2 aromatic rings. The standard InChI is InChI=1S/C17H16N2O5.Na.H/c18-19-14(10-11-6-2-1-3-7-11)17(23)24-16(22)13-9-5-4-8-12(13)15(20)21;;/h1-9,14,19H,10,18H2,(H,20,21);;/q;+1;-1/t14-;;/m0../s1. The van der Waals surface area contributed by atoms with Gasteiger partial charge in [-0.25, -0.2) is 19.8 Å². The Bertz CT molecular complexity index is 758. The molecule has 1 atom stereocenters. The van der Waals surface area contributed by atoms with E-state index in [0.717, 1.165) is 5.56 Å². The van der Waals surface area contributed by atoms with Crippen molar-refractivity contribution in [1.82, 2.24) is 5.43 Å². The van der Waals surface area contributed by atoms with Crippen LogP contribution in [0.5, 0.6) is 0 Å². The van der Waals surface area contributed by atoms with Gasteiger partial charge in [-0.2, -0.15) is 0 Å². The van der Waals surface area contributed by atoms with Gasteiger partial charge in [0.2, 0.25) is 0 Å². The van der Waals surface area contributed by atoms with Crippen LogP contribution in [0, 0.1) is 0 Å². The molecule has 0 spiro atoms. The minimum Gasteiger partial charge on any atom is -1.00 e. The van der Waals surface area contributed by atoms with Crippen LogP contribution in [0.3, 0.4) is 0 Å². The first-order chi connectivity index (χ1) is 11.5. The van der Waals surface area contributed by atoms with Gasteiger partial charge in [-0.05, 0) is 24.1 Å². The molecule has 0 radical (unpaired) electrons. The number of benzene rings is 2. The van der Waals surface area contributed by atoms with E-state index in [4.69, 9.17) is 15.7 Å². The number of carboxylic acids is 1. The van der Waals surface area contributed by atoms with Gasteiger partial charge in [0, 0.05) is 0 Å². The first-order valence-electron chi connectivity index (χ1n) is 7.11. The fraction of sp³-hybridized carbons (Fsp3) is 0.118. The van der Waals surface area contributed by atoms with Gasteiger partial charge < -0.3 is 11.3 Å². The summed E-state index contributed by atoms with van der Waals surface area (Å²) in [5.41, 5.74) is 2.69. The maximum Gasteiger partial charge on any atom is 1.00 e. The molecule has 0 heterocycles. The summed E-state index contributed by atoms with van der Waals surface area (Å²) in [6, 6.07) is 13.6. The molecule has 8 heteroatoms. The molecule has 25 heavy (non-hydrogen) atoms. The van der Waals surface area contributed by atoms with E-state index >= 15 is 0 Å². The average Bonchev–Trinajstić information content (AvgIpc) is 2.60. The van der Waals surface area contributed by atoms with Crippen LogP contribution < -0.4 is 40.8 Å². The summed E-state index contributed by atoms with van der Waals surface area (Å²) in [6.07, 6.45) is 0.226. The number of ether oxygens (including phenoxy) is 1. The Morgan fingerprint density at radius 1 is 1.04 bits per heavy atom. The predicted octanol–water partition coefficient (Wildman–Crippen LogP) is -1.74. The third kappa shape index (κ3) is 5.77. The number of hydrogen-bond acceptors (Lipinski definition) is 6. The van der Waals surface area contributed by atoms with Crippen LogP contribution >= 0.6 is 0 Å². The fourth-order valence-electron chi connectivity index (χ4n) is 2.13. The van der Waals surface area contributed by atoms with Gasteiger partial charge in [0.05, 0.1) is 11.1 Å². The van der Waals surface area contributed by atoms with Crippen molar-refractivity contribution in [2.24, 2.45) is 5.84 Å². The summed E-state index contributed by atoms with van der Waals surface area (Å²) in [4.78, 5) is 35.3. The molecule has 0 aliphatic rings. The number of rotatable bonds is 6. The van der Waals surface area contributed by atoms with E-state index in [2.05, 4.69) is 5.43 Å². The smallest absolute Gasteiger partial charge is 1.00 e. The number of nitrogens with two attached hydrogens (primary N) is 1. The van der Waals surface area contributed by atoms with E-state index in [0.29, 0.717) is 0 Å². The van der Waals surface area contributed by atoms with Crippen LogP contribution in [0.2, 0.25) is 0 Å². The van der Waals surface area contributed by atoms with Gasteiger partial charge in [0.1, 0.15) is 6.04 Å². The molecule has 0 unspecified atom stereocenters. The molecule has 2 aromatic carbocycles. The maximum absolute atomic E-state index is 12.1. The molecule has 0 aliphatic carbocycles. The Kier molecular flexibility index (Phi) is 8.47. The van der Waals surface area contributed by atoms with Gasteiger partial charge in [0.15, 0.2) is 0 Å². The normalized spacial score (nSPS) is 11.1. The Hall–Kier alpha value is -2.03. The molecule has 0 aliphatic heterocycles. The van der Waals surface area contributed by atoms with E-state index in [1.807, 2.05) is 18.2 Å². The van der Waals surface area contributed by atoms with Crippen molar-refractivity contribution in [1.29, 1.82) is 0 Å². The third-order valence-electron chi connectivity index (χ3n) is 3.34. The van der Waals surface area contributed by atoms with Crippen molar-refractivity contribution < 1.29 is 55.2 Å². The second-order valence-electron chi connectivity index (χ2n) is 4.97. The van der Waals surface area contributed by atoms with Crippen LogP contribution in [-0.4, -0.2) is 29.1 Å². The molecular formula is C17H17N2NaO5. The first kappa shape index (κ1) is 21.0. The molecule has 0 saturated carbocycles. The molecule has 4 N–H and O–H groups in total. The number of hydrazine groups is 1. The number of carbonyl (C=O) groups excluding carboxylic acids is 2. The van der Waals surface area contributed by atoms with E-state index < -0.39 is 23.9 Å². The summed E-state index contributed by atoms with van der Waals surface area (Å²) in [5.74, 6) is 2.15. The Morgan fingerprint density at radius 2 is 1.60 bits per heavy atom. The first-order valence-corrected chi connectivity index (χ1v) is 7.11. The number of carboxylic acid groups (broad SMARTS) is 1. The van der Waals surface area contributed by atoms with Gasteiger partial charge in [0.25, 0.3) is 0 Å². The average molecular weight is 352 g/mol. The van der Waals surface area contributed by atoms with Crippen LogP contribution in [0.4, 0.5) is 0 Å². The van der Waals surface area contributed by atoms with Crippen molar-refractivity contribution in [3.05, 3.63) is 71.3 Å². The minimum atomic E-state index is -1.28. The zero-order chi connectivity index (χ0) is 17.5. The summed E-state index contributed by atoms with van der Waals surface area (Å²) in [6.45, 7) is 0. The van der Waals surface area contributed by atoms with E-state index in [9.17, 15) is 14.4 Å². The summed E-state index contributed by atoms with van der Waals surface area (Å²) >= 11 is 0. The van der Waals surface area contributed by atoms with Gasteiger partial charge in [-0.3, -0.25) is 5.84 Å². The van der Waals surface area contributed by atoms with Crippen molar-refractivity contribution in [3.8, 4) is 0 Å². The predicted molar refractivity (Wildman–Crippen MR) is 86.2 cm³/mol. The molecule has 0 saturated heterocycles. The zero-order valence-corrected chi connectivity index (χ0v) is 15.6. The number of nitrogens with one attached hydrogen (secondary N) is 1. The van der Waals surface area contributed by atoms with E-state index in [1.165, 1.54) is 24.3 Å². The van der Waals surface area contributed by atoms with E-state index in [1.54, 1.807) is 12.1 Å². The molecule has 0 bridgehead atoms. The third-order valence-corrected chi connectivity index (χ3v) is 3.34. The van der Waals surface area contributed by atoms with Crippen molar-refractivity contribution in [2.75, 3.05) is 0 Å². The second-order valence-corrected chi connectivity index (χ2v) is 4.97. The molecule has 0 aromatic heterocycles. The maximum atomic E-state index is 12.1. The van der Waals surface area contributed by atoms with Crippen molar-refractivity contribution in [2.45, 2.75) is 12.5 Å². The molecule has 0 amide bonds. The van der Waals surface area contributed by atoms with Gasteiger partial charge in [-0.15, -0.1) is 0 Å². The molecule has 7 nitrogen and oxygen atoms in total. The molecule has 0 fully saturated rings. The van der Waals surface area contributed by atoms with Gasteiger partial charge in [-0.1, -0.05) is 42.5 Å². The topological polar surface area (TPSA) is 119 Å². The molecule has 2 rings (SSSR count). The van der Waals surface area contributed by atoms with Crippen LogP contribution in [0.25, 0.3) is 0 Å². The zero-order valence-electron chi connectivity index (χ0n) is 14.6. The molecule has 126 valence electrons.